The largest absolute Gasteiger partial charge is 0.486 e. The van der Waals surface area contributed by atoms with E-state index in [1.54, 1.807) is 19.9 Å². The highest BCUT2D eigenvalue weighted by Gasteiger charge is 2.67. The second-order valence-electron chi connectivity index (χ2n) is 7.93. The summed E-state index contributed by atoms with van der Waals surface area (Å²) in [6.45, 7) is 5.41. The van der Waals surface area contributed by atoms with Crippen molar-refractivity contribution in [3.8, 4) is 0 Å². The van der Waals surface area contributed by atoms with E-state index in [1.165, 1.54) is 6.08 Å². The number of aliphatic hydroxyl groups is 1. The summed E-state index contributed by atoms with van der Waals surface area (Å²) in [7, 11) is 0. The molecule has 2 aliphatic carbocycles. The standard InChI is InChI=1S/C19H22O6/c1-8-6-9(2)14(21)13-17-19(25-18(13)23)7-10(3)16(24-17)15(22)11(19)4-5-12(8)20/h4-5,8-11,15-16,22H,6-7H2,1-3H3/b5-4+/t8-,9+,10+,11?,15+,16?,19-/m0/s1. The van der Waals surface area contributed by atoms with Gasteiger partial charge in [0.2, 0.25) is 0 Å². The monoisotopic (exact) mass is 346 g/mol. The minimum atomic E-state index is -1.18. The highest BCUT2D eigenvalue weighted by molar-refractivity contribution is 6.20. The van der Waals surface area contributed by atoms with Gasteiger partial charge < -0.3 is 14.6 Å². The summed E-state index contributed by atoms with van der Waals surface area (Å²) in [5, 5.41) is 10.7. The third-order valence-electron chi connectivity index (χ3n) is 6.13. The third kappa shape index (κ3) is 2.09. The second-order valence-corrected chi connectivity index (χ2v) is 7.93. The average molecular weight is 346 g/mol. The summed E-state index contributed by atoms with van der Waals surface area (Å²) in [4.78, 5) is 37.8. The topological polar surface area (TPSA) is 89.9 Å². The molecule has 3 fully saturated rings. The minimum Gasteiger partial charge on any atom is -0.486 e. The van der Waals surface area contributed by atoms with Gasteiger partial charge in [0, 0.05) is 18.3 Å². The van der Waals surface area contributed by atoms with Gasteiger partial charge in [-0.25, -0.2) is 4.79 Å². The van der Waals surface area contributed by atoms with Crippen molar-refractivity contribution in [1.29, 1.82) is 0 Å². The minimum absolute atomic E-state index is 0.0252. The molecule has 5 bridgehead atoms. The van der Waals surface area contributed by atoms with Gasteiger partial charge in [0.25, 0.3) is 0 Å². The van der Waals surface area contributed by atoms with Crippen LogP contribution < -0.4 is 0 Å². The maximum Gasteiger partial charge on any atom is 0.346 e. The number of ether oxygens (including phenoxy) is 2. The quantitative estimate of drug-likeness (QED) is 0.526. The van der Waals surface area contributed by atoms with Gasteiger partial charge in [0.05, 0.1) is 5.92 Å². The first-order valence-electron chi connectivity index (χ1n) is 8.85. The van der Waals surface area contributed by atoms with E-state index in [9.17, 15) is 19.5 Å². The second kappa shape index (κ2) is 5.27. The number of fused-ring (bicyclic) bond motifs is 1. The van der Waals surface area contributed by atoms with E-state index in [2.05, 4.69) is 0 Å². The molecule has 6 nitrogen and oxygen atoms in total. The van der Waals surface area contributed by atoms with Crippen molar-refractivity contribution in [2.75, 3.05) is 0 Å². The predicted octanol–water partition coefficient (Wildman–Crippen LogP) is 1.32. The van der Waals surface area contributed by atoms with Gasteiger partial charge in [-0.2, -0.15) is 0 Å². The van der Waals surface area contributed by atoms with Crippen molar-refractivity contribution in [2.45, 2.75) is 51.4 Å². The van der Waals surface area contributed by atoms with Gasteiger partial charge >= 0.3 is 5.97 Å². The molecular formula is C19H22O6. The van der Waals surface area contributed by atoms with Gasteiger partial charge in [-0.05, 0) is 18.4 Å². The molecule has 134 valence electrons. The smallest absolute Gasteiger partial charge is 0.346 e. The number of carbonyl (C=O) groups is 3. The molecule has 1 saturated carbocycles. The molecule has 5 aliphatic rings. The predicted molar refractivity (Wildman–Crippen MR) is 86.1 cm³/mol. The van der Waals surface area contributed by atoms with Crippen molar-refractivity contribution in [3.63, 3.8) is 0 Å². The number of rotatable bonds is 0. The fourth-order valence-electron chi connectivity index (χ4n) is 4.79. The molecule has 7 atom stereocenters. The lowest BCUT2D eigenvalue weighted by Gasteiger charge is -2.54. The number of carbonyl (C=O) groups excluding carboxylic acids is 3. The summed E-state index contributed by atoms with van der Waals surface area (Å²) in [6.07, 6.45) is 2.51. The van der Waals surface area contributed by atoms with Gasteiger partial charge in [-0.15, -0.1) is 0 Å². The van der Waals surface area contributed by atoms with Gasteiger partial charge in [0.1, 0.15) is 17.8 Å². The SMILES string of the molecule is C[C@@H]1C[C@H](C)C(=O)/C=C/C2[C@@H](O)C3OC4=C(C(=O)O[C@]42C[C@H]3C)C1=O. The Morgan fingerprint density at radius 2 is 1.88 bits per heavy atom. The van der Waals surface area contributed by atoms with Crippen molar-refractivity contribution >= 4 is 17.5 Å². The number of esters is 1. The molecule has 2 unspecified atom stereocenters. The molecule has 3 aliphatic heterocycles. The van der Waals surface area contributed by atoms with Crippen LogP contribution in [0, 0.1) is 23.7 Å². The lowest BCUT2D eigenvalue weighted by atomic mass is 9.64. The maximum atomic E-state index is 12.9. The van der Waals surface area contributed by atoms with Crippen molar-refractivity contribution in [2.24, 2.45) is 23.7 Å². The molecular weight excluding hydrogens is 324 g/mol. The summed E-state index contributed by atoms with van der Waals surface area (Å²) in [5.74, 6) is -2.27. The molecule has 25 heavy (non-hydrogen) atoms. The Hall–Kier alpha value is -1.95. The molecule has 1 spiro atoms. The van der Waals surface area contributed by atoms with E-state index < -0.39 is 35.6 Å². The van der Waals surface area contributed by atoms with E-state index in [1.807, 2.05) is 6.92 Å². The van der Waals surface area contributed by atoms with Gasteiger partial charge in [-0.1, -0.05) is 26.8 Å². The molecule has 0 amide bonds. The Kier molecular flexibility index (Phi) is 3.48. The third-order valence-corrected chi connectivity index (χ3v) is 6.13. The van der Waals surface area contributed by atoms with Crippen LogP contribution in [0.15, 0.2) is 23.5 Å². The van der Waals surface area contributed by atoms with E-state index in [0.29, 0.717) is 12.8 Å². The van der Waals surface area contributed by atoms with Crippen molar-refractivity contribution < 1.29 is 29.0 Å². The average Bonchev–Trinajstić information content (AvgIpc) is 2.83. The first-order valence-corrected chi connectivity index (χ1v) is 8.85. The summed E-state index contributed by atoms with van der Waals surface area (Å²) in [6, 6.07) is 0. The normalized spacial score (nSPS) is 47.3. The fourth-order valence-corrected chi connectivity index (χ4v) is 4.79. The van der Waals surface area contributed by atoms with E-state index in [4.69, 9.17) is 9.47 Å². The molecule has 0 radical (unpaired) electrons. The number of hydrogen-bond donors (Lipinski definition) is 1. The van der Waals surface area contributed by atoms with Crippen LogP contribution in [0.5, 0.6) is 0 Å². The van der Waals surface area contributed by atoms with Crippen molar-refractivity contribution in [3.05, 3.63) is 23.5 Å². The van der Waals surface area contributed by atoms with Crippen LogP contribution in [0.25, 0.3) is 0 Å². The zero-order valence-corrected chi connectivity index (χ0v) is 14.5. The maximum absolute atomic E-state index is 12.9. The van der Waals surface area contributed by atoms with Crippen LogP contribution in [0.3, 0.4) is 0 Å². The molecule has 0 aromatic heterocycles. The van der Waals surface area contributed by atoms with Crippen LogP contribution in [0.2, 0.25) is 0 Å². The number of ketones is 2. The zero-order valence-electron chi connectivity index (χ0n) is 14.5. The Bertz CT molecular complexity index is 734. The molecule has 6 heteroatoms. The fraction of sp³-hybridized carbons (Fsp3) is 0.632. The molecule has 2 saturated heterocycles. The molecule has 5 rings (SSSR count). The van der Waals surface area contributed by atoms with Gasteiger partial charge in [-0.3, -0.25) is 9.59 Å². The Morgan fingerprint density at radius 3 is 2.60 bits per heavy atom. The summed E-state index contributed by atoms with van der Waals surface area (Å²) < 4.78 is 11.6. The highest BCUT2D eigenvalue weighted by atomic mass is 16.6. The number of hydrogen-bond acceptors (Lipinski definition) is 6. The van der Waals surface area contributed by atoms with E-state index in [0.717, 1.165) is 0 Å². The van der Waals surface area contributed by atoms with Crippen molar-refractivity contribution in [1.82, 2.24) is 0 Å². The van der Waals surface area contributed by atoms with E-state index >= 15 is 0 Å². The lowest BCUT2D eigenvalue weighted by Crippen LogP contribution is -2.63. The van der Waals surface area contributed by atoms with E-state index in [-0.39, 0.29) is 34.7 Å². The summed E-state index contributed by atoms with van der Waals surface area (Å²) >= 11 is 0. The molecule has 0 aromatic rings. The number of allylic oxidation sites excluding steroid dienone is 1. The molecule has 0 aromatic carbocycles. The van der Waals surface area contributed by atoms with Crippen LogP contribution in [0.4, 0.5) is 0 Å². The zero-order chi connectivity index (χ0) is 18.1. The van der Waals surface area contributed by atoms with Crippen LogP contribution in [0.1, 0.15) is 33.6 Å². The summed E-state index contributed by atoms with van der Waals surface area (Å²) in [5.41, 5.74) is -1.21. The Morgan fingerprint density at radius 1 is 1.16 bits per heavy atom. The Labute approximate surface area is 145 Å². The van der Waals surface area contributed by atoms with Gasteiger partial charge in [0.15, 0.2) is 22.9 Å². The van der Waals surface area contributed by atoms with Crippen LogP contribution in [-0.2, 0) is 23.9 Å². The molecule has 3 heterocycles. The first kappa shape index (κ1) is 16.5. The first-order chi connectivity index (χ1) is 11.8. The Balaban J connectivity index is 1.93. The number of Topliss-reactive ketones (excluding diaryl/α,β-unsaturated/α-hetero) is 1. The van der Waals surface area contributed by atoms with Crippen LogP contribution >= 0.6 is 0 Å². The molecule has 1 N–H and O–H groups in total. The number of aliphatic hydroxyl groups excluding tert-OH is 1. The lowest BCUT2D eigenvalue weighted by molar-refractivity contribution is -0.220. The van der Waals surface area contributed by atoms with Crippen LogP contribution in [-0.4, -0.2) is 40.5 Å². The highest BCUT2D eigenvalue weighted by Crippen LogP contribution is 2.56.